The molecule has 0 saturated carbocycles. The number of carbonyl (C=O) groups is 3. The van der Waals surface area contributed by atoms with Crippen molar-refractivity contribution in [2.24, 2.45) is 0 Å². The Kier molecular flexibility index (Phi) is 73.2. The maximum absolute atomic E-state index is 10.3. The number of hydrogen-bond acceptors (Lipinski definition) is 4. The van der Waals surface area contributed by atoms with E-state index in [4.69, 9.17) is 18.6 Å². The van der Waals surface area contributed by atoms with Crippen molar-refractivity contribution in [1.82, 2.24) is 0 Å². The summed E-state index contributed by atoms with van der Waals surface area (Å²) in [5.74, 6) is -1.96. The van der Waals surface area contributed by atoms with Gasteiger partial charge in [-0.3, -0.25) is 14.4 Å². The van der Waals surface area contributed by atoms with Crippen molar-refractivity contribution in [1.29, 1.82) is 0 Å². The Morgan fingerprint density at radius 2 is 0.400 bits per heavy atom. The van der Waals surface area contributed by atoms with Crippen LogP contribution in [0.15, 0.2) is 0 Å². The van der Waals surface area contributed by atoms with Gasteiger partial charge in [-0.2, -0.15) is 0 Å². The Labute approximate surface area is 418 Å². The third-order valence-corrected chi connectivity index (χ3v) is 13.0. The molecule has 8 heteroatoms. The molecule has 0 atom stereocenters. The van der Waals surface area contributed by atoms with Gasteiger partial charge in [0.25, 0.3) is 0 Å². The fourth-order valence-corrected chi connectivity index (χ4v) is 7.94. The molecule has 389 valence electrons. The van der Waals surface area contributed by atoms with Gasteiger partial charge in [0.2, 0.25) is 0 Å². The first-order valence-corrected chi connectivity index (χ1v) is 29.2. The van der Waals surface area contributed by atoms with E-state index in [0.29, 0.717) is 25.4 Å². The summed E-state index contributed by atoms with van der Waals surface area (Å²) in [6.45, 7) is 10.8. The predicted octanol–water partition coefficient (Wildman–Crippen LogP) is 19.9. The van der Waals surface area contributed by atoms with Crippen LogP contribution in [0.1, 0.15) is 343 Å². The van der Waals surface area contributed by atoms with Crippen molar-refractivity contribution >= 4 is 17.9 Å². The van der Waals surface area contributed by atoms with E-state index in [9.17, 15) is 14.4 Å². The largest absolute Gasteiger partial charge is 0.481 e. The smallest absolute Gasteiger partial charge is 0.303 e. The van der Waals surface area contributed by atoms with Crippen LogP contribution in [0.2, 0.25) is 0 Å². The van der Waals surface area contributed by atoms with Crippen molar-refractivity contribution < 1.29 is 53.8 Å². The molecule has 0 fully saturated rings. The van der Waals surface area contributed by atoms with Gasteiger partial charge in [0, 0.05) is 19.3 Å². The fraction of sp³-hybridized carbons (Fsp3) is 0.947. The van der Waals surface area contributed by atoms with Crippen LogP contribution >= 0.6 is 0 Å². The molecule has 0 saturated heterocycles. The number of hydrogen-bond donors (Lipinski definition) is 3. The van der Waals surface area contributed by atoms with Crippen molar-refractivity contribution in [2.45, 2.75) is 349 Å². The minimum atomic E-state index is -0.653. The van der Waals surface area contributed by atoms with Gasteiger partial charge in [0.1, 0.15) is 0 Å². The summed E-state index contributed by atoms with van der Waals surface area (Å²) < 4.78 is 4.75. The molecule has 0 spiro atoms. The third kappa shape index (κ3) is 86.8. The Morgan fingerprint density at radius 1 is 0.292 bits per heavy atom. The predicted molar refractivity (Wildman–Crippen MR) is 278 cm³/mol. The van der Waals surface area contributed by atoms with Crippen LogP contribution in [-0.2, 0) is 38.5 Å². The minimum Gasteiger partial charge on any atom is -0.481 e. The molecular formula is C57H115O7Ti. The number of carboxylic acids is 3. The van der Waals surface area contributed by atoms with E-state index in [2.05, 4.69) is 20.8 Å². The average molecular weight is 960 g/mol. The molecule has 0 aliphatic carbocycles. The zero-order chi connectivity index (χ0) is 49.0. The van der Waals surface area contributed by atoms with E-state index in [1.54, 1.807) is 20.8 Å². The Hall–Kier alpha value is -0.916. The molecule has 0 radical (unpaired) electrons. The second kappa shape index (κ2) is 67.4. The second-order valence-corrected chi connectivity index (χ2v) is 19.8. The SMILES string of the molecule is CC(C)[O][Ti].CCCCCCCCCCCCCCCCCC(=O)O.CCCCCCCCCCCCCCCCCC(=O)O.CCCCCCCCCCCCCCCCCC(=O)O. The zero-order valence-electron chi connectivity index (χ0n) is 44.5. The van der Waals surface area contributed by atoms with Gasteiger partial charge in [0.15, 0.2) is 0 Å². The first-order valence-electron chi connectivity index (χ1n) is 28.6. The third-order valence-electron chi connectivity index (χ3n) is 12.2. The minimum absolute atomic E-state index is 0.345. The summed E-state index contributed by atoms with van der Waals surface area (Å²) in [7, 11) is 0. The Morgan fingerprint density at radius 3 is 0.492 bits per heavy atom. The van der Waals surface area contributed by atoms with Crippen LogP contribution in [0.3, 0.4) is 0 Å². The van der Waals surface area contributed by atoms with Gasteiger partial charge in [0.05, 0.1) is 0 Å². The molecule has 0 unspecified atom stereocenters. The van der Waals surface area contributed by atoms with Crippen LogP contribution in [-0.4, -0.2) is 39.3 Å². The molecule has 0 aliphatic heterocycles. The van der Waals surface area contributed by atoms with Crippen LogP contribution < -0.4 is 0 Å². The summed E-state index contributed by atoms with van der Waals surface area (Å²) in [6.07, 6.45) is 61.0. The van der Waals surface area contributed by atoms with Crippen molar-refractivity contribution in [3.8, 4) is 0 Å². The molecule has 65 heavy (non-hydrogen) atoms. The summed E-state index contributed by atoms with van der Waals surface area (Å²) >= 11 is 1.70. The van der Waals surface area contributed by atoms with Gasteiger partial charge < -0.3 is 15.3 Å². The topological polar surface area (TPSA) is 121 Å². The number of carboxylic acid groups (broad SMARTS) is 3. The normalized spacial score (nSPS) is 10.7. The van der Waals surface area contributed by atoms with Crippen LogP contribution in [0, 0.1) is 0 Å². The first kappa shape index (κ1) is 70.6. The van der Waals surface area contributed by atoms with Crippen LogP contribution in [0.25, 0.3) is 0 Å². The molecule has 0 amide bonds. The van der Waals surface area contributed by atoms with Gasteiger partial charge >= 0.3 is 62.0 Å². The Balaban J connectivity index is -0.000000407. The summed E-state index contributed by atoms with van der Waals surface area (Å²) in [4.78, 5) is 31.0. The van der Waals surface area contributed by atoms with E-state index >= 15 is 0 Å². The van der Waals surface area contributed by atoms with E-state index in [1.807, 2.05) is 13.8 Å². The van der Waals surface area contributed by atoms with E-state index in [-0.39, 0.29) is 0 Å². The summed E-state index contributed by atoms with van der Waals surface area (Å²) in [6, 6.07) is 0. The van der Waals surface area contributed by atoms with Crippen molar-refractivity contribution in [3.05, 3.63) is 0 Å². The van der Waals surface area contributed by atoms with E-state index in [1.165, 1.54) is 250 Å². The molecule has 0 aromatic heterocycles. The van der Waals surface area contributed by atoms with Gasteiger partial charge in [-0.05, 0) is 19.3 Å². The molecule has 0 heterocycles. The van der Waals surface area contributed by atoms with Gasteiger partial charge in [-0.1, -0.05) is 290 Å². The monoisotopic (exact) mass is 960 g/mol. The second-order valence-electron chi connectivity index (χ2n) is 19.4. The van der Waals surface area contributed by atoms with Gasteiger partial charge in [-0.25, -0.2) is 0 Å². The first-order chi connectivity index (χ1) is 31.6. The quantitative estimate of drug-likeness (QED) is 0.0410. The molecule has 7 nitrogen and oxygen atoms in total. The number of unbranched alkanes of at least 4 members (excludes halogenated alkanes) is 42. The molecular weight excluding hydrogens is 844 g/mol. The molecule has 3 N–H and O–H groups in total. The Bertz CT molecular complexity index is 779. The van der Waals surface area contributed by atoms with E-state index < -0.39 is 17.9 Å². The van der Waals surface area contributed by atoms with Crippen LogP contribution in [0.5, 0.6) is 0 Å². The van der Waals surface area contributed by atoms with E-state index in [0.717, 1.165) is 38.5 Å². The molecule has 0 aliphatic rings. The van der Waals surface area contributed by atoms with Crippen molar-refractivity contribution in [3.63, 3.8) is 0 Å². The standard InChI is InChI=1S/3C18H36O2.C3H7O.Ti/c3*1-2-3-4-5-6-7-8-9-10-11-12-13-14-15-16-17-18(19)20;1-3(2)4;/h3*2-17H2,1H3,(H,19,20);3H,1-2H3;/q;;;-1;+1. The summed E-state index contributed by atoms with van der Waals surface area (Å²) in [5.41, 5.74) is 0. The van der Waals surface area contributed by atoms with Crippen LogP contribution in [0.4, 0.5) is 0 Å². The molecule has 0 aromatic rings. The maximum atomic E-state index is 10.3. The van der Waals surface area contributed by atoms with Crippen molar-refractivity contribution in [2.75, 3.05) is 0 Å². The number of rotatable bonds is 49. The molecule has 0 aromatic carbocycles. The molecule has 0 bridgehead atoms. The zero-order valence-corrected chi connectivity index (χ0v) is 46.1. The maximum Gasteiger partial charge on any atom is 0.303 e. The average Bonchev–Trinajstić information content (AvgIpc) is 3.28. The summed E-state index contributed by atoms with van der Waals surface area (Å²) in [5, 5.41) is 25.6. The fourth-order valence-electron chi connectivity index (χ4n) is 7.94. The van der Waals surface area contributed by atoms with Gasteiger partial charge in [-0.15, -0.1) is 0 Å². The molecule has 0 rings (SSSR count). The number of aliphatic carboxylic acids is 3.